The zero-order valence-electron chi connectivity index (χ0n) is 16.2. The van der Waals surface area contributed by atoms with E-state index in [-0.39, 0.29) is 18.1 Å². The number of hydrogen-bond acceptors (Lipinski definition) is 5. The molecule has 2 aromatic carbocycles. The third-order valence-electron chi connectivity index (χ3n) is 4.33. The van der Waals surface area contributed by atoms with E-state index in [1.165, 1.54) is 0 Å². The molecule has 0 N–H and O–H groups in total. The molecule has 0 aliphatic heterocycles. The Labute approximate surface area is 159 Å². The summed E-state index contributed by atoms with van der Waals surface area (Å²) in [6.45, 7) is 0. The molecule has 0 aromatic heterocycles. The quantitative estimate of drug-likeness (QED) is 0.629. The number of amides is 1. The van der Waals surface area contributed by atoms with Crippen molar-refractivity contribution in [2.45, 2.75) is 19.3 Å². The summed E-state index contributed by atoms with van der Waals surface area (Å²) in [6, 6.07) is 12.3. The summed E-state index contributed by atoms with van der Waals surface area (Å²) < 4.78 is 15.6. The van der Waals surface area contributed by atoms with Crippen LogP contribution in [0.2, 0.25) is 0 Å². The predicted molar refractivity (Wildman–Crippen MR) is 104 cm³/mol. The molecule has 0 saturated heterocycles. The number of ether oxygens (including phenoxy) is 3. The van der Waals surface area contributed by atoms with Crippen molar-refractivity contribution in [2.75, 3.05) is 33.3 Å². The molecule has 0 radical (unpaired) electrons. The molecule has 0 spiro atoms. The van der Waals surface area contributed by atoms with Gasteiger partial charge in [-0.25, -0.2) is 0 Å². The molecule has 0 heterocycles. The Hall–Kier alpha value is -3.02. The minimum Gasteiger partial charge on any atom is -0.497 e. The Balaban J connectivity index is 1.90. The van der Waals surface area contributed by atoms with Crippen LogP contribution < -0.4 is 19.1 Å². The van der Waals surface area contributed by atoms with E-state index in [1.807, 2.05) is 0 Å². The smallest absolute Gasteiger partial charge is 0.226 e. The third-order valence-corrected chi connectivity index (χ3v) is 4.33. The monoisotopic (exact) mass is 371 g/mol. The molecule has 6 nitrogen and oxygen atoms in total. The maximum Gasteiger partial charge on any atom is 0.226 e. The van der Waals surface area contributed by atoms with E-state index in [1.54, 1.807) is 75.7 Å². The maximum absolute atomic E-state index is 12.4. The number of nitrogens with zero attached hydrogens (tertiary/aromatic N) is 1. The largest absolute Gasteiger partial charge is 0.497 e. The predicted octanol–water partition coefficient (Wildman–Crippen LogP) is 3.73. The molecule has 1 amide bonds. The summed E-state index contributed by atoms with van der Waals surface area (Å²) in [5, 5.41) is 0. The van der Waals surface area contributed by atoms with Gasteiger partial charge in [0, 0.05) is 37.2 Å². The Morgan fingerprint density at radius 2 is 1.52 bits per heavy atom. The summed E-state index contributed by atoms with van der Waals surface area (Å²) in [7, 11) is 6.40. The molecular weight excluding hydrogens is 346 g/mol. The molecule has 0 unspecified atom stereocenters. The fraction of sp³-hybridized carbons (Fsp3) is 0.333. The molecule has 0 atom stereocenters. The molecule has 27 heavy (non-hydrogen) atoms. The van der Waals surface area contributed by atoms with Gasteiger partial charge in [0.15, 0.2) is 17.3 Å². The molecule has 6 heteroatoms. The number of hydrogen-bond donors (Lipinski definition) is 0. The highest BCUT2D eigenvalue weighted by atomic mass is 16.5. The third kappa shape index (κ3) is 5.23. The summed E-state index contributed by atoms with van der Waals surface area (Å²) in [5.74, 6) is 1.82. The van der Waals surface area contributed by atoms with Gasteiger partial charge in [-0.2, -0.15) is 0 Å². The Morgan fingerprint density at radius 3 is 2.11 bits per heavy atom. The normalized spacial score (nSPS) is 10.2. The first-order valence-corrected chi connectivity index (χ1v) is 8.66. The molecule has 0 fully saturated rings. The number of carbonyl (C=O) groups excluding carboxylic acids is 2. The van der Waals surface area contributed by atoms with Crippen molar-refractivity contribution < 1.29 is 23.8 Å². The first-order chi connectivity index (χ1) is 13.0. The molecule has 144 valence electrons. The standard InChI is InChI=1S/C21H25NO5/c1-22(16-10-13-19(26-3)20(14-16)27-4)21(24)7-5-6-18(23)15-8-11-17(25-2)12-9-15/h8-14H,5-7H2,1-4H3. The molecule has 0 saturated carbocycles. The van der Waals surface area contributed by atoms with E-state index in [9.17, 15) is 9.59 Å². The second kappa shape index (κ2) is 9.62. The number of anilines is 1. The zero-order valence-corrected chi connectivity index (χ0v) is 16.2. The van der Waals surface area contributed by atoms with Gasteiger partial charge in [-0.1, -0.05) is 0 Å². The summed E-state index contributed by atoms with van der Waals surface area (Å²) in [6.07, 6.45) is 1.09. The fourth-order valence-electron chi connectivity index (χ4n) is 2.67. The fourth-order valence-corrected chi connectivity index (χ4v) is 2.67. The molecule has 0 aliphatic rings. The van der Waals surface area contributed by atoms with Crippen molar-refractivity contribution in [3.8, 4) is 17.2 Å². The molecule has 0 aliphatic carbocycles. The van der Waals surface area contributed by atoms with E-state index in [2.05, 4.69) is 0 Å². The van der Waals surface area contributed by atoms with Crippen LogP contribution in [0.25, 0.3) is 0 Å². The second-order valence-corrected chi connectivity index (χ2v) is 6.00. The molecule has 2 aromatic rings. The van der Waals surface area contributed by atoms with Gasteiger partial charge in [0.25, 0.3) is 0 Å². The Bertz CT molecular complexity index is 786. The van der Waals surface area contributed by atoms with Crippen LogP contribution in [0.1, 0.15) is 29.6 Å². The van der Waals surface area contributed by atoms with Gasteiger partial charge in [-0.15, -0.1) is 0 Å². The number of ketones is 1. The number of Topliss-reactive ketones (excluding diaryl/α,β-unsaturated/α-hetero) is 1. The van der Waals surface area contributed by atoms with Crippen molar-refractivity contribution in [1.29, 1.82) is 0 Å². The van der Waals surface area contributed by atoms with Crippen LogP contribution in [-0.2, 0) is 4.79 Å². The van der Waals surface area contributed by atoms with Gasteiger partial charge in [-0.3, -0.25) is 9.59 Å². The van der Waals surface area contributed by atoms with E-state index in [0.29, 0.717) is 41.3 Å². The lowest BCUT2D eigenvalue weighted by molar-refractivity contribution is -0.118. The van der Waals surface area contributed by atoms with Crippen LogP contribution in [-0.4, -0.2) is 40.1 Å². The first kappa shape index (κ1) is 20.3. The van der Waals surface area contributed by atoms with Gasteiger partial charge in [0.1, 0.15) is 5.75 Å². The van der Waals surface area contributed by atoms with Gasteiger partial charge < -0.3 is 19.1 Å². The van der Waals surface area contributed by atoms with Gasteiger partial charge in [0.2, 0.25) is 5.91 Å². The second-order valence-electron chi connectivity index (χ2n) is 6.00. The number of rotatable bonds is 9. The van der Waals surface area contributed by atoms with Gasteiger partial charge in [-0.05, 0) is 42.8 Å². The van der Waals surface area contributed by atoms with E-state index in [0.717, 1.165) is 0 Å². The summed E-state index contributed by atoms with van der Waals surface area (Å²) in [5.41, 5.74) is 1.33. The van der Waals surface area contributed by atoms with E-state index >= 15 is 0 Å². The highest BCUT2D eigenvalue weighted by Gasteiger charge is 2.15. The summed E-state index contributed by atoms with van der Waals surface area (Å²) in [4.78, 5) is 26.2. The first-order valence-electron chi connectivity index (χ1n) is 8.66. The Morgan fingerprint density at radius 1 is 0.852 bits per heavy atom. The van der Waals surface area contributed by atoms with Crippen molar-refractivity contribution in [2.24, 2.45) is 0 Å². The van der Waals surface area contributed by atoms with Crippen LogP contribution in [0.4, 0.5) is 5.69 Å². The van der Waals surface area contributed by atoms with E-state index < -0.39 is 0 Å². The molecule has 0 bridgehead atoms. The SMILES string of the molecule is COc1ccc(C(=O)CCCC(=O)N(C)c2ccc(OC)c(OC)c2)cc1. The number of benzene rings is 2. The van der Waals surface area contributed by atoms with Crippen molar-refractivity contribution >= 4 is 17.4 Å². The maximum atomic E-state index is 12.4. The lowest BCUT2D eigenvalue weighted by Gasteiger charge is -2.19. The number of carbonyl (C=O) groups is 2. The van der Waals surface area contributed by atoms with Crippen LogP contribution in [0.5, 0.6) is 17.2 Å². The average Bonchev–Trinajstić information content (AvgIpc) is 2.72. The van der Waals surface area contributed by atoms with Crippen molar-refractivity contribution in [1.82, 2.24) is 0 Å². The van der Waals surface area contributed by atoms with Crippen molar-refractivity contribution in [3.05, 3.63) is 48.0 Å². The highest BCUT2D eigenvalue weighted by molar-refractivity contribution is 5.97. The van der Waals surface area contributed by atoms with Gasteiger partial charge in [0.05, 0.1) is 21.3 Å². The average molecular weight is 371 g/mol. The lowest BCUT2D eigenvalue weighted by Crippen LogP contribution is -2.26. The van der Waals surface area contributed by atoms with Crippen LogP contribution in [0, 0.1) is 0 Å². The minimum absolute atomic E-state index is 0.0132. The van der Waals surface area contributed by atoms with E-state index in [4.69, 9.17) is 14.2 Å². The van der Waals surface area contributed by atoms with Crippen LogP contribution in [0.3, 0.4) is 0 Å². The number of methoxy groups -OCH3 is 3. The highest BCUT2D eigenvalue weighted by Crippen LogP contribution is 2.31. The van der Waals surface area contributed by atoms with Gasteiger partial charge >= 0.3 is 0 Å². The van der Waals surface area contributed by atoms with Crippen molar-refractivity contribution in [3.63, 3.8) is 0 Å². The molecular formula is C21H25NO5. The summed E-state index contributed by atoms with van der Waals surface area (Å²) >= 11 is 0. The minimum atomic E-state index is -0.0650. The Kier molecular flexibility index (Phi) is 7.23. The molecule has 2 rings (SSSR count). The van der Waals surface area contributed by atoms with Crippen LogP contribution in [0.15, 0.2) is 42.5 Å². The topological polar surface area (TPSA) is 65.1 Å². The zero-order chi connectivity index (χ0) is 19.8. The lowest BCUT2D eigenvalue weighted by atomic mass is 10.0. The van der Waals surface area contributed by atoms with Crippen LogP contribution >= 0.6 is 0 Å².